The van der Waals surface area contributed by atoms with Crippen LogP contribution in [0.25, 0.3) is 16.9 Å². The minimum atomic E-state index is 0.688. The molecule has 26 heavy (non-hydrogen) atoms. The van der Waals surface area contributed by atoms with Crippen LogP contribution in [-0.2, 0) is 0 Å². The molecule has 1 aromatic carbocycles. The quantitative estimate of drug-likeness (QED) is 0.627. The third-order valence-corrected chi connectivity index (χ3v) is 5.61. The van der Waals surface area contributed by atoms with Gasteiger partial charge < -0.3 is 4.90 Å². The van der Waals surface area contributed by atoms with Crippen LogP contribution in [0.2, 0.25) is 5.02 Å². The molecule has 0 spiro atoms. The minimum absolute atomic E-state index is 0.688. The Hall–Kier alpha value is -2.07. The van der Waals surface area contributed by atoms with Gasteiger partial charge >= 0.3 is 0 Å². The Labute approximate surface area is 159 Å². The van der Waals surface area contributed by atoms with Crippen LogP contribution in [0.3, 0.4) is 0 Å². The SMILES string of the molecule is Cc1nc2cc(-c3ccc(Cl)cc3)nn2c(N2C[C@H](C)C[C@H](C)C2)c1C. The fourth-order valence-electron chi connectivity index (χ4n) is 4.15. The Morgan fingerprint density at radius 2 is 1.69 bits per heavy atom. The van der Waals surface area contributed by atoms with E-state index in [0.29, 0.717) is 11.8 Å². The second kappa shape index (κ2) is 6.58. The van der Waals surface area contributed by atoms with Crippen molar-refractivity contribution in [3.8, 4) is 11.3 Å². The van der Waals surface area contributed by atoms with Crippen LogP contribution in [0.1, 0.15) is 31.5 Å². The molecule has 1 aliphatic heterocycles. The summed E-state index contributed by atoms with van der Waals surface area (Å²) >= 11 is 6.03. The first-order valence-corrected chi connectivity index (χ1v) is 9.68. The third kappa shape index (κ3) is 3.07. The molecule has 0 radical (unpaired) electrons. The summed E-state index contributed by atoms with van der Waals surface area (Å²) in [4.78, 5) is 7.27. The van der Waals surface area contributed by atoms with Gasteiger partial charge in [0.25, 0.3) is 0 Å². The standard InChI is InChI=1S/C21H25ClN4/c1-13-9-14(2)12-25(11-13)21-15(3)16(4)23-20-10-19(24-26(20)21)17-5-7-18(22)8-6-17/h5-8,10,13-14H,9,11-12H2,1-4H3/t13-,14+. The smallest absolute Gasteiger partial charge is 0.158 e. The first-order chi connectivity index (χ1) is 12.4. The van der Waals surface area contributed by atoms with Crippen LogP contribution in [0.15, 0.2) is 30.3 Å². The first-order valence-electron chi connectivity index (χ1n) is 9.30. The molecule has 2 aromatic heterocycles. The zero-order valence-electron chi connectivity index (χ0n) is 15.8. The van der Waals surface area contributed by atoms with Gasteiger partial charge in [0, 0.05) is 41.0 Å². The minimum Gasteiger partial charge on any atom is -0.356 e. The summed E-state index contributed by atoms with van der Waals surface area (Å²) in [6.07, 6.45) is 1.29. The number of fused-ring (bicyclic) bond motifs is 1. The van der Waals surface area contributed by atoms with Gasteiger partial charge in [0.15, 0.2) is 5.65 Å². The van der Waals surface area contributed by atoms with Crippen molar-refractivity contribution in [3.05, 3.63) is 46.6 Å². The molecule has 0 amide bonds. The lowest BCUT2D eigenvalue weighted by Crippen LogP contribution is -2.40. The van der Waals surface area contributed by atoms with E-state index in [1.54, 1.807) is 0 Å². The number of halogens is 1. The maximum atomic E-state index is 6.03. The number of hydrogen-bond acceptors (Lipinski definition) is 3. The third-order valence-electron chi connectivity index (χ3n) is 5.36. The molecule has 0 saturated carbocycles. The Morgan fingerprint density at radius 1 is 1.04 bits per heavy atom. The van der Waals surface area contributed by atoms with E-state index >= 15 is 0 Å². The van der Waals surface area contributed by atoms with E-state index in [9.17, 15) is 0 Å². The summed E-state index contributed by atoms with van der Waals surface area (Å²) in [5.74, 6) is 2.56. The summed E-state index contributed by atoms with van der Waals surface area (Å²) in [7, 11) is 0. The molecular weight excluding hydrogens is 344 g/mol. The zero-order chi connectivity index (χ0) is 18.4. The van der Waals surface area contributed by atoms with E-state index in [2.05, 4.69) is 38.7 Å². The van der Waals surface area contributed by atoms with E-state index in [-0.39, 0.29) is 0 Å². The number of aryl methyl sites for hydroxylation is 1. The van der Waals surface area contributed by atoms with Crippen molar-refractivity contribution in [1.29, 1.82) is 0 Å². The van der Waals surface area contributed by atoms with Crippen molar-refractivity contribution in [2.45, 2.75) is 34.1 Å². The average Bonchev–Trinajstić information content (AvgIpc) is 2.98. The summed E-state index contributed by atoms with van der Waals surface area (Å²) in [5, 5.41) is 5.64. The number of aromatic nitrogens is 3. The highest BCUT2D eigenvalue weighted by molar-refractivity contribution is 6.30. The van der Waals surface area contributed by atoms with Crippen molar-refractivity contribution in [1.82, 2.24) is 14.6 Å². The molecule has 0 bridgehead atoms. The largest absolute Gasteiger partial charge is 0.356 e. The van der Waals surface area contributed by atoms with E-state index in [1.807, 2.05) is 28.8 Å². The summed E-state index contributed by atoms with van der Waals surface area (Å²) < 4.78 is 2.02. The maximum Gasteiger partial charge on any atom is 0.158 e. The highest BCUT2D eigenvalue weighted by Crippen LogP contribution is 2.31. The van der Waals surface area contributed by atoms with Gasteiger partial charge in [-0.25, -0.2) is 4.98 Å². The van der Waals surface area contributed by atoms with Crippen LogP contribution >= 0.6 is 11.6 Å². The molecule has 4 rings (SSSR count). The highest BCUT2D eigenvalue weighted by Gasteiger charge is 2.26. The number of rotatable bonds is 2. The molecule has 3 aromatic rings. The van der Waals surface area contributed by atoms with Gasteiger partial charge in [-0.05, 0) is 44.2 Å². The zero-order valence-corrected chi connectivity index (χ0v) is 16.6. The summed E-state index contributed by atoms with van der Waals surface area (Å²) in [5.41, 5.74) is 5.17. The van der Waals surface area contributed by atoms with Gasteiger partial charge in [0.05, 0.1) is 5.69 Å². The van der Waals surface area contributed by atoms with E-state index in [4.69, 9.17) is 21.7 Å². The fourth-order valence-corrected chi connectivity index (χ4v) is 4.28. The Bertz CT molecular complexity index is 935. The number of anilines is 1. The van der Waals surface area contributed by atoms with Gasteiger partial charge in [-0.3, -0.25) is 0 Å². The van der Waals surface area contributed by atoms with Crippen LogP contribution in [0, 0.1) is 25.7 Å². The van der Waals surface area contributed by atoms with Gasteiger partial charge in [-0.2, -0.15) is 9.61 Å². The van der Waals surface area contributed by atoms with E-state index in [0.717, 1.165) is 40.7 Å². The molecular formula is C21H25ClN4. The number of piperidine rings is 1. The van der Waals surface area contributed by atoms with Crippen molar-refractivity contribution >= 4 is 23.1 Å². The predicted molar refractivity (Wildman–Crippen MR) is 108 cm³/mol. The van der Waals surface area contributed by atoms with Crippen LogP contribution in [0.4, 0.5) is 5.82 Å². The van der Waals surface area contributed by atoms with Crippen LogP contribution in [0.5, 0.6) is 0 Å². The molecule has 0 N–H and O–H groups in total. The van der Waals surface area contributed by atoms with Gasteiger partial charge in [-0.15, -0.1) is 0 Å². The van der Waals surface area contributed by atoms with Crippen LogP contribution < -0.4 is 4.90 Å². The molecule has 136 valence electrons. The van der Waals surface area contributed by atoms with Gasteiger partial charge in [0.2, 0.25) is 0 Å². The van der Waals surface area contributed by atoms with Crippen LogP contribution in [-0.4, -0.2) is 27.7 Å². The van der Waals surface area contributed by atoms with Crippen molar-refractivity contribution in [2.24, 2.45) is 11.8 Å². The monoisotopic (exact) mass is 368 g/mol. The second-order valence-corrected chi connectivity index (χ2v) is 8.24. The lowest BCUT2D eigenvalue weighted by Gasteiger charge is -2.37. The van der Waals surface area contributed by atoms with Crippen molar-refractivity contribution in [3.63, 3.8) is 0 Å². The average molecular weight is 369 g/mol. The number of benzene rings is 1. The topological polar surface area (TPSA) is 33.4 Å². The van der Waals surface area contributed by atoms with Gasteiger partial charge in [0.1, 0.15) is 5.82 Å². The molecule has 5 heteroatoms. The van der Waals surface area contributed by atoms with E-state index in [1.165, 1.54) is 17.8 Å². The van der Waals surface area contributed by atoms with E-state index < -0.39 is 0 Å². The highest BCUT2D eigenvalue weighted by atomic mass is 35.5. The molecule has 4 nitrogen and oxygen atoms in total. The Kier molecular flexibility index (Phi) is 4.39. The molecule has 1 aliphatic rings. The molecule has 0 unspecified atom stereocenters. The molecule has 2 atom stereocenters. The molecule has 1 fully saturated rings. The Morgan fingerprint density at radius 3 is 2.35 bits per heavy atom. The number of hydrogen-bond donors (Lipinski definition) is 0. The van der Waals surface area contributed by atoms with Gasteiger partial charge in [-0.1, -0.05) is 37.6 Å². The first kappa shape index (κ1) is 17.3. The maximum absolute atomic E-state index is 6.03. The fraction of sp³-hybridized carbons (Fsp3) is 0.429. The van der Waals surface area contributed by atoms with Crippen molar-refractivity contribution in [2.75, 3.05) is 18.0 Å². The normalized spacial score (nSPS) is 20.7. The summed E-state index contributed by atoms with van der Waals surface area (Å²) in [6, 6.07) is 9.89. The Balaban J connectivity index is 1.86. The number of nitrogens with zero attached hydrogens (tertiary/aromatic N) is 4. The lowest BCUT2D eigenvalue weighted by atomic mass is 9.91. The summed E-state index contributed by atoms with van der Waals surface area (Å²) in [6.45, 7) is 11.1. The lowest BCUT2D eigenvalue weighted by molar-refractivity contribution is 0.354. The molecule has 1 saturated heterocycles. The predicted octanol–water partition coefficient (Wildman–Crippen LogP) is 5.15. The van der Waals surface area contributed by atoms with Crippen molar-refractivity contribution < 1.29 is 0 Å². The second-order valence-electron chi connectivity index (χ2n) is 7.80. The molecule has 3 heterocycles. The molecule has 0 aliphatic carbocycles.